The van der Waals surface area contributed by atoms with Crippen LogP contribution >= 0.6 is 0 Å². The summed E-state index contributed by atoms with van der Waals surface area (Å²) in [6.45, 7) is 15.7. The Morgan fingerprint density at radius 2 is 0.865 bits per heavy atom. The van der Waals surface area contributed by atoms with Crippen molar-refractivity contribution in [1.29, 1.82) is 0 Å². The van der Waals surface area contributed by atoms with Gasteiger partial charge in [0.2, 0.25) is 8.32 Å². The Morgan fingerprint density at radius 3 is 1.23 bits per heavy atom. The fourth-order valence-corrected chi connectivity index (χ4v) is 15.4. The monoisotopic (exact) mass is 1600 g/mol. The fourth-order valence-electron chi connectivity index (χ4n) is 11.8. The molecule has 4 fully saturated rings. The van der Waals surface area contributed by atoms with Gasteiger partial charge in [0.25, 0.3) is 0 Å². The first-order valence-corrected chi connectivity index (χ1v) is 39.3. The highest BCUT2D eigenvalue weighted by atomic mass is 32.2. The van der Waals surface area contributed by atoms with Crippen molar-refractivity contribution in [2.75, 3.05) is 34.0 Å². The van der Waals surface area contributed by atoms with Gasteiger partial charge in [0, 0.05) is 43.4 Å². The van der Waals surface area contributed by atoms with Gasteiger partial charge in [-0.1, -0.05) is 165 Å². The second-order valence-electron chi connectivity index (χ2n) is 27.2. The van der Waals surface area contributed by atoms with Gasteiger partial charge in [0.15, 0.2) is 49.6 Å². The topological polar surface area (TPSA) is 409 Å². The van der Waals surface area contributed by atoms with Crippen LogP contribution in [0.2, 0.25) is 18.1 Å². The summed E-state index contributed by atoms with van der Waals surface area (Å²) in [6.07, 6.45) is -26.1. The molecule has 20 atom stereocenters. The number of methoxy groups -OCH3 is 2. The zero-order chi connectivity index (χ0) is 81.4. The highest BCUT2D eigenvalue weighted by molar-refractivity contribution is 7.88. The molecule has 8 rings (SSSR count). The molecule has 33 nitrogen and oxygen atoms in total. The van der Waals surface area contributed by atoms with Crippen molar-refractivity contribution in [2.45, 2.75) is 222 Å². The average molecular weight is 1600 g/mol. The SMILES string of the molecule is C=CCO[C@H]1OC(COC(C)=O)[C@@H](O[C@@H]2OC(C(=O)OC)[C@@H](O[C@H]3O[C@@H](COC(C)=O)[C@@H](O[C@@H]4O[C@@H](C(=O)OC)[C@@H](C)C(OCc5ccccc5)C4OC(C)=O)C(OCc4ccccc4)C3N=[N+]=[N-])[C@@H](OCc3ccccc3)C2OC(C)=O)C(OCc2ccccc2)[C@@H]1N=[N+]=[N-].CC(C)(C)[Si](C)(C)OS(=O)(=O)C(F)(F)F. The van der Waals surface area contributed by atoms with Crippen LogP contribution in [0.3, 0.4) is 0 Å². The number of benzene rings is 4. The molecule has 4 aliphatic heterocycles. The van der Waals surface area contributed by atoms with Crippen molar-refractivity contribution < 1.29 is 139 Å². The third kappa shape index (κ3) is 25.2. The van der Waals surface area contributed by atoms with Gasteiger partial charge in [-0.25, -0.2) is 9.59 Å². The van der Waals surface area contributed by atoms with Crippen LogP contribution in [0.5, 0.6) is 0 Å². The number of ether oxygens (including phenoxy) is 18. The number of hydrogen-bond acceptors (Lipinski definition) is 29. The molecule has 4 aromatic carbocycles. The highest BCUT2D eigenvalue weighted by Gasteiger charge is 2.61. The summed E-state index contributed by atoms with van der Waals surface area (Å²) in [7, 11) is -6.23. The average Bonchev–Trinajstić information content (AvgIpc) is 0.758. The van der Waals surface area contributed by atoms with Gasteiger partial charge in [-0.05, 0) is 51.4 Å². The first-order chi connectivity index (χ1) is 52.6. The molecule has 0 bridgehead atoms. The molecule has 38 heteroatoms. The third-order valence-electron chi connectivity index (χ3n) is 18.1. The van der Waals surface area contributed by atoms with Gasteiger partial charge in [-0.3, -0.25) is 19.2 Å². The van der Waals surface area contributed by atoms with Crippen LogP contribution in [-0.4, -0.2) is 209 Å². The van der Waals surface area contributed by atoms with Crippen molar-refractivity contribution in [1.82, 2.24) is 0 Å². The van der Waals surface area contributed by atoms with Gasteiger partial charge in [-0.2, -0.15) is 21.6 Å². The van der Waals surface area contributed by atoms with E-state index in [1.54, 1.807) is 131 Å². The van der Waals surface area contributed by atoms with E-state index in [-0.39, 0.29) is 33.0 Å². The molecule has 8 unspecified atom stereocenters. The summed E-state index contributed by atoms with van der Waals surface area (Å²) in [5.41, 5.74) is 17.9. The molecule has 0 aromatic heterocycles. The lowest BCUT2D eigenvalue weighted by Gasteiger charge is -2.51. The normalized spacial score (nSPS) is 28.2. The number of hydrogen-bond donors (Lipinski definition) is 0. The minimum Gasteiger partial charge on any atom is -0.467 e. The zero-order valence-corrected chi connectivity index (χ0v) is 64.9. The van der Waals surface area contributed by atoms with Crippen LogP contribution < -0.4 is 0 Å². The lowest BCUT2D eigenvalue weighted by atomic mass is 9.89. The van der Waals surface area contributed by atoms with Crippen molar-refractivity contribution in [3.63, 3.8) is 0 Å². The smallest absolute Gasteiger partial charge is 0.467 e. The second-order valence-corrected chi connectivity index (χ2v) is 33.8. The number of azide groups is 2. The fraction of sp³-hybridized carbons (Fsp3) is 0.562. The van der Waals surface area contributed by atoms with E-state index < -0.39 is 201 Å². The number of carbonyl (C=O) groups is 6. The molecule has 0 aliphatic carbocycles. The summed E-state index contributed by atoms with van der Waals surface area (Å²) in [6, 6.07) is 32.2. The largest absolute Gasteiger partial charge is 0.522 e. The van der Waals surface area contributed by atoms with Crippen LogP contribution in [0, 0.1) is 5.92 Å². The van der Waals surface area contributed by atoms with Crippen molar-refractivity contribution in [3.8, 4) is 0 Å². The molecule has 0 amide bonds. The number of esters is 6. The molecule has 4 aromatic rings. The Hall–Kier alpha value is -8.50. The third-order valence-corrected chi connectivity index (χ3v) is 24.9. The summed E-state index contributed by atoms with van der Waals surface area (Å²) >= 11 is 0. The zero-order valence-electron chi connectivity index (χ0n) is 63.1. The quantitative estimate of drug-likeness (QED) is 0.00625. The van der Waals surface area contributed by atoms with Gasteiger partial charge in [0.05, 0.1) is 47.3 Å². The van der Waals surface area contributed by atoms with E-state index in [0.717, 1.165) is 47.5 Å². The Kier molecular flexibility index (Phi) is 33.8. The molecule has 4 heterocycles. The van der Waals surface area contributed by atoms with Crippen LogP contribution in [0.1, 0.15) is 77.6 Å². The van der Waals surface area contributed by atoms with Crippen LogP contribution in [0.25, 0.3) is 20.9 Å². The lowest BCUT2D eigenvalue weighted by Crippen LogP contribution is -2.68. The molecule has 4 saturated heterocycles. The Labute approximate surface area is 640 Å². The van der Waals surface area contributed by atoms with E-state index in [0.29, 0.717) is 16.7 Å². The summed E-state index contributed by atoms with van der Waals surface area (Å²) in [5, 5.41) is 7.63. The lowest BCUT2D eigenvalue weighted by molar-refractivity contribution is -0.376. The molecule has 0 N–H and O–H groups in total. The van der Waals surface area contributed by atoms with Gasteiger partial charge in [0.1, 0.15) is 80.2 Å². The Balaban J connectivity index is 0.00000103. The van der Waals surface area contributed by atoms with Crippen LogP contribution in [-0.2, 0) is 154 Å². The van der Waals surface area contributed by atoms with Gasteiger partial charge >= 0.3 is 51.4 Å². The first kappa shape index (κ1) is 89.7. The summed E-state index contributed by atoms with van der Waals surface area (Å²) in [4.78, 5) is 87.1. The van der Waals surface area contributed by atoms with Crippen molar-refractivity contribution >= 4 is 54.3 Å². The molecule has 0 saturated carbocycles. The van der Waals surface area contributed by atoms with Gasteiger partial charge < -0.3 is 89.1 Å². The van der Waals surface area contributed by atoms with Crippen molar-refractivity contribution in [2.24, 2.45) is 16.1 Å². The first-order valence-electron chi connectivity index (χ1n) is 35.0. The number of halogens is 3. The molecular formula is C73H93F3N6O27SSi. The van der Waals surface area contributed by atoms with E-state index in [1.165, 1.54) is 19.2 Å². The minimum absolute atomic E-state index is 0.0330. The summed E-state index contributed by atoms with van der Waals surface area (Å²) in [5.74, 6) is -6.13. The number of carbonyl (C=O) groups excluding carboxylic acids is 6. The maximum atomic E-state index is 14.7. The highest BCUT2D eigenvalue weighted by Crippen LogP contribution is 2.43. The van der Waals surface area contributed by atoms with Crippen molar-refractivity contribution in [3.05, 3.63) is 177 Å². The molecule has 0 spiro atoms. The van der Waals surface area contributed by atoms with E-state index in [9.17, 15) is 61.4 Å². The Bertz CT molecular complexity index is 3910. The van der Waals surface area contributed by atoms with E-state index in [1.807, 2.05) is 18.2 Å². The maximum absolute atomic E-state index is 14.7. The summed E-state index contributed by atoms with van der Waals surface area (Å²) < 4.78 is 175. The van der Waals surface area contributed by atoms with Gasteiger partial charge in [-0.15, -0.1) is 6.58 Å². The molecular weight excluding hydrogens is 1510 g/mol. The van der Waals surface area contributed by atoms with E-state index >= 15 is 0 Å². The molecule has 0 radical (unpaired) electrons. The Morgan fingerprint density at radius 1 is 0.505 bits per heavy atom. The number of alkyl halides is 3. The predicted octanol–water partition coefficient (Wildman–Crippen LogP) is 9.77. The predicted molar refractivity (Wildman–Crippen MR) is 382 cm³/mol. The molecule has 4 aliphatic rings. The van der Waals surface area contributed by atoms with E-state index in [4.69, 9.17) is 85.3 Å². The van der Waals surface area contributed by atoms with Crippen LogP contribution in [0.4, 0.5) is 13.2 Å². The second kappa shape index (κ2) is 41.9. The maximum Gasteiger partial charge on any atom is 0.522 e. The minimum atomic E-state index is -5.48. The number of nitrogens with zero attached hydrogens (tertiary/aromatic N) is 6. The molecule has 111 heavy (non-hydrogen) atoms. The molecule has 608 valence electrons. The standard InChI is InChI=1S/C66H78N6O24.C7H15F3O3SSi/c1-9-30-81-63-48(69-71-67)54(85-32-43-24-16-11-17-25-43)52(46(90-63)35-82-38(3)73)94-66-60(89-41(6)76)56(87-34-45-28-20-13-21-29-45)57(58(96-66)62(78)80-8)95-64-49(70-72-68)55(86-33-44-26-18-12-19-27-44)53(47(91-64)36-83-39(4)74)93-65-59(88-40(5)75)50(37(2)51(92-65)61(77)79-7)84-31-42-22-14-10-15-23-42;1-6(2,3)15(4,5)13-14(11,12)7(8,9)10/h9-29,37,46-60,63-66H,1,30-36H2,2-8H3;1-5H3/t37-,46?,47-,48-,49?,50?,51+,52+,53+,54?,55?,56+,57-,58?,59?,60?,63-,64+,65-,66+;/m0./s1. The number of rotatable bonds is 33. The van der Waals surface area contributed by atoms with Crippen LogP contribution in [0.15, 0.2) is 144 Å². The van der Waals surface area contributed by atoms with E-state index in [2.05, 4.69) is 30.5 Å².